The molecule has 0 aliphatic carbocycles. The molecule has 1 N–H and O–H groups in total. The van der Waals surface area contributed by atoms with Crippen LogP contribution in [0.5, 0.6) is 5.75 Å². The highest BCUT2D eigenvalue weighted by atomic mass is 35.5. The molecule has 2 atom stereocenters. The van der Waals surface area contributed by atoms with Crippen LogP contribution < -0.4 is 14.4 Å². The summed E-state index contributed by atoms with van der Waals surface area (Å²) in [5.74, 6) is 0.178. The Bertz CT molecular complexity index is 1120. The molecule has 2 amide bonds. The molecule has 0 aliphatic rings. The van der Waals surface area contributed by atoms with Crippen LogP contribution in [0.2, 0.25) is 5.02 Å². The van der Waals surface area contributed by atoms with Crippen molar-refractivity contribution in [3.63, 3.8) is 0 Å². The molecule has 36 heavy (non-hydrogen) atoms. The van der Waals surface area contributed by atoms with Crippen molar-refractivity contribution in [1.29, 1.82) is 0 Å². The van der Waals surface area contributed by atoms with E-state index in [1.54, 1.807) is 38.3 Å². The molecule has 2 unspecified atom stereocenters. The van der Waals surface area contributed by atoms with Crippen LogP contribution in [-0.2, 0) is 26.2 Å². The zero-order chi connectivity index (χ0) is 26.9. The Morgan fingerprint density at radius 2 is 1.78 bits per heavy atom. The average molecular weight is 538 g/mol. The lowest BCUT2D eigenvalue weighted by Gasteiger charge is -2.30. The van der Waals surface area contributed by atoms with E-state index in [-0.39, 0.29) is 43.8 Å². The van der Waals surface area contributed by atoms with Crippen LogP contribution in [0.15, 0.2) is 48.5 Å². The summed E-state index contributed by atoms with van der Waals surface area (Å²) in [6, 6.07) is 13.1. The fourth-order valence-electron chi connectivity index (χ4n) is 3.63. The van der Waals surface area contributed by atoms with Crippen LogP contribution >= 0.6 is 11.6 Å². The molecule has 2 aromatic rings. The third-order valence-corrected chi connectivity index (χ3v) is 7.37. The molecule has 0 saturated heterocycles. The van der Waals surface area contributed by atoms with Crippen LogP contribution in [0.4, 0.5) is 5.69 Å². The largest absolute Gasteiger partial charge is 0.497 e. The highest BCUT2D eigenvalue weighted by molar-refractivity contribution is 7.92. The van der Waals surface area contributed by atoms with Gasteiger partial charge in [-0.2, -0.15) is 0 Å². The fraction of sp³-hybridized carbons (Fsp3) is 0.462. The molecule has 0 spiro atoms. The van der Waals surface area contributed by atoms with Gasteiger partial charge >= 0.3 is 0 Å². The predicted octanol–water partition coefficient (Wildman–Crippen LogP) is 4.23. The lowest BCUT2D eigenvalue weighted by Crippen LogP contribution is -2.49. The van der Waals surface area contributed by atoms with Crippen LogP contribution in [0.1, 0.15) is 45.6 Å². The zero-order valence-corrected chi connectivity index (χ0v) is 23.1. The molecule has 0 saturated carbocycles. The van der Waals surface area contributed by atoms with Gasteiger partial charge in [0.15, 0.2) is 0 Å². The van der Waals surface area contributed by atoms with Crippen molar-refractivity contribution in [3.8, 4) is 5.75 Å². The maximum Gasteiger partial charge on any atom is 0.242 e. The maximum absolute atomic E-state index is 13.3. The van der Waals surface area contributed by atoms with E-state index in [1.807, 2.05) is 38.1 Å². The molecule has 0 radical (unpaired) electrons. The third kappa shape index (κ3) is 8.71. The Labute approximate surface area is 219 Å². The first-order chi connectivity index (χ1) is 17.0. The van der Waals surface area contributed by atoms with Crippen molar-refractivity contribution < 1.29 is 22.7 Å². The molecule has 198 valence electrons. The fourth-order valence-corrected chi connectivity index (χ4v) is 4.72. The number of hydrogen-bond donors (Lipinski definition) is 1. The van der Waals surface area contributed by atoms with Gasteiger partial charge in [0.2, 0.25) is 21.8 Å². The summed E-state index contributed by atoms with van der Waals surface area (Å²) < 4.78 is 31.3. The average Bonchev–Trinajstić information content (AvgIpc) is 2.84. The molecule has 0 bridgehead atoms. The van der Waals surface area contributed by atoms with E-state index in [1.165, 1.54) is 9.21 Å². The van der Waals surface area contributed by atoms with Crippen LogP contribution in [0.3, 0.4) is 0 Å². The molecule has 0 aliphatic heterocycles. The number of carbonyl (C=O) groups excluding carboxylic acids is 2. The Morgan fingerprint density at radius 1 is 1.11 bits per heavy atom. The predicted molar refractivity (Wildman–Crippen MR) is 144 cm³/mol. The van der Waals surface area contributed by atoms with Crippen molar-refractivity contribution in [2.75, 3.05) is 24.2 Å². The number of ether oxygens (including phenoxy) is 1. The number of halogens is 1. The summed E-state index contributed by atoms with van der Waals surface area (Å²) in [5, 5.41) is 3.44. The Balaban J connectivity index is 2.18. The van der Waals surface area contributed by atoms with Gasteiger partial charge in [-0.25, -0.2) is 8.42 Å². The van der Waals surface area contributed by atoms with Gasteiger partial charge in [-0.15, -0.1) is 0 Å². The Kier molecular flexibility index (Phi) is 11.0. The van der Waals surface area contributed by atoms with Crippen LogP contribution in [0, 0.1) is 0 Å². The SMILES string of the molecule is CCC(C)NC(=O)C(C)N(Cc1cccc(OC)c1)C(=O)CCCN(c1ccc(Cl)cc1)S(C)(=O)=O. The standard InChI is InChI=1S/C26H36ClN3O5S/c1-6-19(2)28-26(32)20(3)29(18-21-9-7-10-24(17-21)35-4)25(31)11-8-16-30(36(5,33)34)23-14-12-22(27)13-15-23/h7,9-10,12-15,17,19-20H,6,8,11,16,18H2,1-5H3,(H,28,32). The van der Waals surface area contributed by atoms with Gasteiger partial charge in [0, 0.05) is 30.6 Å². The van der Waals surface area contributed by atoms with Gasteiger partial charge in [0.05, 0.1) is 19.1 Å². The van der Waals surface area contributed by atoms with Gasteiger partial charge in [0.25, 0.3) is 0 Å². The van der Waals surface area contributed by atoms with E-state index in [2.05, 4.69) is 5.32 Å². The molecule has 0 heterocycles. The molecule has 0 fully saturated rings. The van der Waals surface area contributed by atoms with E-state index < -0.39 is 16.1 Å². The second-order valence-electron chi connectivity index (χ2n) is 8.78. The minimum Gasteiger partial charge on any atom is -0.497 e. The summed E-state index contributed by atoms with van der Waals surface area (Å²) in [4.78, 5) is 27.7. The molecule has 0 aromatic heterocycles. The van der Waals surface area contributed by atoms with Crippen LogP contribution in [0.25, 0.3) is 0 Å². The quantitative estimate of drug-likeness (QED) is 0.412. The van der Waals surface area contributed by atoms with E-state index in [0.29, 0.717) is 16.5 Å². The first-order valence-corrected chi connectivity index (χ1v) is 14.1. The summed E-state index contributed by atoms with van der Waals surface area (Å²) >= 11 is 5.93. The zero-order valence-electron chi connectivity index (χ0n) is 21.5. The van der Waals surface area contributed by atoms with Crippen LogP contribution in [-0.4, -0.2) is 57.1 Å². The number of anilines is 1. The smallest absolute Gasteiger partial charge is 0.242 e. The molecule has 8 nitrogen and oxygen atoms in total. The first kappa shape index (κ1) is 29.5. The van der Waals surface area contributed by atoms with Gasteiger partial charge in [-0.1, -0.05) is 30.7 Å². The first-order valence-electron chi connectivity index (χ1n) is 11.9. The van der Waals surface area contributed by atoms with Crippen molar-refractivity contribution in [2.45, 2.75) is 58.7 Å². The summed E-state index contributed by atoms with van der Waals surface area (Å²) in [6.07, 6.45) is 2.25. The number of methoxy groups -OCH3 is 1. The monoisotopic (exact) mass is 537 g/mol. The molecular weight excluding hydrogens is 502 g/mol. The lowest BCUT2D eigenvalue weighted by atomic mass is 10.1. The molecule has 10 heteroatoms. The number of sulfonamides is 1. The van der Waals surface area contributed by atoms with Crippen molar-refractivity contribution in [1.82, 2.24) is 10.2 Å². The maximum atomic E-state index is 13.3. The molecule has 2 aromatic carbocycles. The number of hydrogen-bond acceptors (Lipinski definition) is 5. The Hall–Kier alpha value is -2.78. The summed E-state index contributed by atoms with van der Waals surface area (Å²) in [7, 11) is -2.00. The van der Waals surface area contributed by atoms with Gasteiger partial charge in [0.1, 0.15) is 11.8 Å². The van der Waals surface area contributed by atoms with E-state index in [0.717, 1.165) is 18.2 Å². The normalized spacial score (nSPS) is 12.9. The summed E-state index contributed by atoms with van der Waals surface area (Å²) in [6.45, 7) is 5.93. The highest BCUT2D eigenvalue weighted by Gasteiger charge is 2.27. The van der Waals surface area contributed by atoms with Crippen molar-refractivity contribution in [3.05, 3.63) is 59.1 Å². The number of amides is 2. The third-order valence-electron chi connectivity index (χ3n) is 5.92. The number of nitrogens with zero attached hydrogens (tertiary/aromatic N) is 2. The van der Waals surface area contributed by atoms with Gasteiger partial charge in [-0.05, 0) is 68.7 Å². The number of nitrogens with one attached hydrogen (secondary N) is 1. The van der Waals surface area contributed by atoms with E-state index in [9.17, 15) is 18.0 Å². The van der Waals surface area contributed by atoms with E-state index in [4.69, 9.17) is 16.3 Å². The van der Waals surface area contributed by atoms with Crippen molar-refractivity contribution >= 4 is 39.1 Å². The minimum atomic E-state index is -3.56. The topological polar surface area (TPSA) is 96.0 Å². The second-order valence-corrected chi connectivity index (χ2v) is 11.1. The molecular formula is C26H36ClN3O5S. The van der Waals surface area contributed by atoms with Gasteiger partial charge < -0.3 is 15.0 Å². The second kappa shape index (κ2) is 13.5. The van der Waals surface area contributed by atoms with Crippen molar-refractivity contribution in [2.24, 2.45) is 0 Å². The van der Waals surface area contributed by atoms with Gasteiger partial charge in [-0.3, -0.25) is 13.9 Å². The van der Waals surface area contributed by atoms with E-state index >= 15 is 0 Å². The number of benzene rings is 2. The minimum absolute atomic E-state index is 0.0172. The number of rotatable bonds is 13. The highest BCUT2D eigenvalue weighted by Crippen LogP contribution is 2.22. The Morgan fingerprint density at radius 3 is 2.36 bits per heavy atom. The summed E-state index contributed by atoms with van der Waals surface area (Å²) in [5.41, 5.74) is 1.30. The molecule has 2 rings (SSSR count). The lowest BCUT2D eigenvalue weighted by molar-refractivity contribution is -0.140. The number of carbonyl (C=O) groups is 2.